The van der Waals surface area contributed by atoms with E-state index >= 15 is 0 Å². The van der Waals surface area contributed by atoms with Crippen LogP contribution in [0.5, 0.6) is 5.75 Å². The number of carboxylic acids is 1. The van der Waals surface area contributed by atoms with Crippen molar-refractivity contribution in [3.63, 3.8) is 0 Å². The summed E-state index contributed by atoms with van der Waals surface area (Å²) in [6.45, 7) is 0. The van der Waals surface area contributed by atoms with Gasteiger partial charge in [-0.1, -0.05) is 0 Å². The average Bonchev–Trinajstić information content (AvgIpc) is 2.73. The molecule has 0 unspecified atom stereocenters. The molecule has 0 atom stereocenters. The number of aromatic amines is 1. The molecule has 0 radical (unpaired) electrons. The van der Waals surface area contributed by atoms with Crippen LogP contribution in [0.25, 0.3) is 0 Å². The number of aromatic nitrogens is 3. The van der Waals surface area contributed by atoms with Crippen molar-refractivity contribution in [3.8, 4) is 5.75 Å². The Morgan fingerprint density at radius 2 is 2.33 bits per heavy atom. The predicted octanol–water partition coefficient (Wildman–Crippen LogP) is 1.23. The largest absolute Gasteiger partial charge is 0.507 e. The van der Waals surface area contributed by atoms with Gasteiger partial charge in [-0.25, -0.2) is 4.79 Å². The van der Waals surface area contributed by atoms with Crippen molar-refractivity contribution in [2.24, 2.45) is 5.10 Å². The predicted molar refractivity (Wildman–Crippen MR) is 65.5 cm³/mol. The molecule has 0 aliphatic heterocycles. The van der Waals surface area contributed by atoms with Gasteiger partial charge in [0, 0.05) is 0 Å². The van der Waals surface area contributed by atoms with Gasteiger partial charge >= 0.3 is 5.97 Å². The van der Waals surface area contributed by atoms with Gasteiger partial charge < -0.3 is 10.2 Å². The molecule has 1 heterocycles. The van der Waals surface area contributed by atoms with Gasteiger partial charge in [-0.05, 0) is 36.0 Å². The maximum Gasteiger partial charge on any atom is 0.339 e. The number of hydrogen-bond donors (Lipinski definition) is 3. The summed E-state index contributed by atoms with van der Waals surface area (Å²) in [5.74, 6) is -1.50. The normalized spacial score (nSPS) is 10.9. The number of hydrogen-bond acceptors (Lipinski definition) is 5. The summed E-state index contributed by atoms with van der Waals surface area (Å²) in [7, 11) is 0. The lowest BCUT2D eigenvalue weighted by atomic mass is 10.1. The van der Waals surface area contributed by atoms with Crippen molar-refractivity contribution in [2.45, 2.75) is 0 Å². The highest BCUT2D eigenvalue weighted by Crippen LogP contribution is 2.17. The summed E-state index contributed by atoms with van der Waals surface area (Å²) < 4.78 is 1.64. The highest BCUT2D eigenvalue weighted by molar-refractivity contribution is 7.71. The zero-order valence-electron chi connectivity index (χ0n) is 8.94. The summed E-state index contributed by atoms with van der Waals surface area (Å²) in [6, 6.07) is 4.14. The number of aromatic carboxylic acids is 1. The van der Waals surface area contributed by atoms with Gasteiger partial charge in [0.2, 0.25) is 4.77 Å². The molecule has 18 heavy (non-hydrogen) atoms. The second-order valence-electron chi connectivity index (χ2n) is 3.33. The molecule has 1 aromatic carbocycles. The maximum absolute atomic E-state index is 10.8. The fourth-order valence-electron chi connectivity index (χ4n) is 1.26. The van der Waals surface area contributed by atoms with E-state index in [0.717, 1.165) is 0 Å². The number of carboxylic acid groups (broad SMARTS) is 1. The molecule has 92 valence electrons. The minimum absolute atomic E-state index is 0.185. The number of benzene rings is 1. The van der Waals surface area contributed by atoms with Crippen molar-refractivity contribution >= 4 is 24.4 Å². The number of rotatable bonds is 3. The van der Waals surface area contributed by atoms with E-state index in [1.54, 1.807) is 0 Å². The molecule has 0 saturated heterocycles. The van der Waals surface area contributed by atoms with E-state index in [-0.39, 0.29) is 11.3 Å². The highest BCUT2D eigenvalue weighted by Gasteiger charge is 2.09. The average molecular weight is 264 g/mol. The van der Waals surface area contributed by atoms with E-state index in [0.29, 0.717) is 10.3 Å². The molecular weight excluding hydrogens is 256 g/mol. The Balaban J connectivity index is 2.33. The van der Waals surface area contributed by atoms with Crippen molar-refractivity contribution in [3.05, 3.63) is 40.4 Å². The summed E-state index contributed by atoms with van der Waals surface area (Å²) in [5.41, 5.74) is 0.336. The lowest BCUT2D eigenvalue weighted by molar-refractivity contribution is 0.0693. The van der Waals surface area contributed by atoms with Crippen LogP contribution in [0.2, 0.25) is 0 Å². The van der Waals surface area contributed by atoms with E-state index in [2.05, 4.69) is 15.3 Å². The standard InChI is InChI=1S/C10H8N4O3S/c15-8-2-1-6(3-7(8)9(16)17)4-12-14-5-11-13-10(14)18/h1-5,15H,(H,13,18)(H,16,17)/b12-4+. The summed E-state index contributed by atoms with van der Waals surface area (Å²) in [6.07, 6.45) is 2.80. The van der Waals surface area contributed by atoms with Gasteiger partial charge in [-0.15, -0.1) is 0 Å². The first-order chi connectivity index (χ1) is 8.58. The van der Waals surface area contributed by atoms with E-state index in [4.69, 9.17) is 17.3 Å². The van der Waals surface area contributed by atoms with Crippen LogP contribution >= 0.6 is 12.2 Å². The molecule has 0 aliphatic rings. The topological polar surface area (TPSA) is 103 Å². The maximum atomic E-state index is 10.8. The Morgan fingerprint density at radius 3 is 2.94 bits per heavy atom. The third-order valence-electron chi connectivity index (χ3n) is 2.12. The SMILES string of the molecule is O=C(O)c1cc(/C=N/n2cn[nH]c2=S)ccc1O. The van der Waals surface area contributed by atoms with E-state index in [1.165, 1.54) is 35.4 Å². The molecule has 0 bridgehead atoms. The van der Waals surface area contributed by atoms with E-state index < -0.39 is 5.97 Å². The van der Waals surface area contributed by atoms with Crippen molar-refractivity contribution in [1.82, 2.24) is 14.9 Å². The zero-order chi connectivity index (χ0) is 13.1. The number of nitrogens with one attached hydrogen (secondary N) is 1. The fraction of sp³-hybridized carbons (Fsp3) is 0. The van der Waals surface area contributed by atoms with Crippen LogP contribution in [0, 0.1) is 4.77 Å². The van der Waals surface area contributed by atoms with Crippen LogP contribution in [-0.2, 0) is 0 Å². The molecule has 0 amide bonds. The van der Waals surface area contributed by atoms with Crippen molar-refractivity contribution in [1.29, 1.82) is 0 Å². The van der Waals surface area contributed by atoms with Gasteiger partial charge in [-0.3, -0.25) is 5.10 Å². The first-order valence-corrected chi connectivity index (χ1v) is 5.21. The van der Waals surface area contributed by atoms with Gasteiger partial charge in [0.05, 0.1) is 6.21 Å². The fourth-order valence-corrected chi connectivity index (χ4v) is 1.41. The molecule has 0 saturated carbocycles. The quantitative estimate of drug-likeness (QED) is 0.571. The number of aromatic hydroxyl groups is 1. The Kier molecular flexibility index (Phi) is 3.20. The molecule has 0 aliphatic carbocycles. The molecule has 2 rings (SSSR count). The summed E-state index contributed by atoms with van der Waals surface area (Å²) in [4.78, 5) is 10.8. The number of nitrogens with zero attached hydrogens (tertiary/aromatic N) is 3. The molecule has 0 fully saturated rings. The van der Waals surface area contributed by atoms with E-state index in [1.807, 2.05) is 0 Å². The Morgan fingerprint density at radius 1 is 1.56 bits per heavy atom. The third-order valence-corrected chi connectivity index (χ3v) is 2.40. The molecule has 8 heteroatoms. The summed E-state index contributed by atoms with van der Waals surface area (Å²) >= 11 is 4.89. The molecule has 7 nitrogen and oxygen atoms in total. The monoisotopic (exact) mass is 264 g/mol. The van der Waals surface area contributed by atoms with Gasteiger partial charge in [0.25, 0.3) is 0 Å². The molecule has 2 aromatic rings. The van der Waals surface area contributed by atoms with Crippen LogP contribution in [0.4, 0.5) is 0 Å². The van der Waals surface area contributed by atoms with Crippen LogP contribution in [0.3, 0.4) is 0 Å². The Hall–Kier alpha value is -2.48. The number of H-pyrrole nitrogens is 1. The minimum atomic E-state index is -1.21. The smallest absolute Gasteiger partial charge is 0.339 e. The van der Waals surface area contributed by atoms with Gasteiger partial charge in [-0.2, -0.15) is 14.9 Å². The van der Waals surface area contributed by atoms with Crippen LogP contribution < -0.4 is 0 Å². The lowest BCUT2D eigenvalue weighted by Crippen LogP contribution is -1.98. The van der Waals surface area contributed by atoms with E-state index in [9.17, 15) is 9.90 Å². The summed E-state index contributed by atoms with van der Waals surface area (Å²) in [5, 5.41) is 28.4. The first kappa shape index (κ1) is 12.0. The zero-order valence-corrected chi connectivity index (χ0v) is 9.76. The Bertz CT molecular complexity index is 674. The molecule has 0 spiro atoms. The second kappa shape index (κ2) is 4.80. The number of phenols is 1. The molecular formula is C10H8N4O3S. The number of carbonyl (C=O) groups is 1. The van der Waals surface area contributed by atoms with Gasteiger partial charge in [0.1, 0.15) is 17.6 Å². The molecule has 3 N–H and O–H groups in total. The van der Waals surface area contributed by atoms with Crippen LogP contribution in [0.15, 0.2) is 29.6 Å². The van der Waals surface area contributed by atoms with Crippen molar-refractivity contribution in [2.75, 3.05) is 0 Å². The van der Waals surface area contributed by atoms with Gasteiger partial charge in [0.15, 0.2) is 0 Å². The third kappa shape index (κ3) is 2.43. The molecule has 1 aromatic heterocycles. The second-order valence-corrected chi connectivity index (χ2v) is 3.72. The van der Waals surface area contributed by atoms with Crippen molar-refractivity contribution < 1.29 is 15.0 Å². The van der Waals surface area contributed by atoms with Crippen LogP contribution in [0.1, 0.15) is 15.9 Å². The minimum Gasteiger partial charge on any atom is -0.507 e. The Labute approximate surface area is 106 Å². The first-order valence-electron chi connectivity index (χ1n) is 4.80. The van der Waals surface area contributed by atoms with Crippen LogP contribution in [-0.4, -0.2) is 37.3 Å². The lowest BCUT2D eigenvalue weighted by Gasteiger charge is -2.00. The highest BCUT2D eigenvalue weighted by atomic mass is 32.1.